The minimum absolute atomic E-state index is 0.529. The van der Waals surface area contributed by atoms with E-state index in [-0.39, 0.29) is 0 Å². The number of rotatable bonds is 6. The maximum Gasteiger partial charge on any atom is 0.140 e. The minimum Gasteiger partial charge on any atom is -0.486 e. The molecule has 0 radical (unpaired) electrons. The smallest absolute Gasteiger partial charge is 0.140 e. The van der Waals surface area contributed by atoms with Crippen LogP contribution in [0.3, 0.4) is 0 Å². The Labute approximate surface area is 138 Å². The molecule has 0 aliphatic heterocycles. The average molecular weight is 369 g/mol. The Morgan fingerprint density at radius 1 is 1.29 bits per heavy atom. The van der Waals surface area contributed by atoms with Gasteiger partial charge in [0.25, 0.3) is 0 Å². The van der Waals surface area contributed by atoms with Crippen LogP contribution in [0.4, 0.5) is 0 Å². The highest BCUT2D eigenvalue weighted by Crippen LogP contribution is 2.29. The van der Waals surface area contributed by atoms with Crippen LogP contribution in [0.2, 0.25) is 0 Å². The van der Waals surface area contributed by atoms with Gasteiger partial charge in [-0.15, -0.1) is 11.3 Å². The summed E-state index contributed by atoms with van der Waals surface area (Å²) in [7, 11) is 0. The molecular weight excluding hydrogens is 348 g/mol. The molecule has 0 spiro atoms. The number of hydrogen-bond acceptors (Lipinski definition) is 4. The van der Waals surface area contributed by atoms with Crippen molar-refractivity contribution in [3.8, 4) is 5.75 Å². The fraction of sp³-hybridized carbons (Fsp3) is 0.438. The number of benzene rings is 1. The van der Waals surface area contributed by atoms with E-state index >= 15 is 0 Å². The second-order valence-corrected chi connectivity index (χ2v) is 7.23. The van der Waals surface area contributed by atoms with Gasteiger partial charge in [0.1, 0.15) is 17.4 Å². The molecular formula is C16H21BrN2OS. The molecule has 2 aromatic rings. The third kappa shape index (κ3) is 4.28. The normalized spacial score (nSPS) is 10.9. The molecule has 114 valence electrons. The van der Waals surface area contributed by atoms with E-state index in [1.807, 2.05) is 6.92 Å². The largest absolute Gasteiger partial charge is 0.486 e. The van der Waals surface area contributed by atoms with Gasteiger partial charge in [-0.1, -0.05) is 22.9 Å². The van der Waals surface area contributed by atoms with Crippen molar-refractivity contribution in [1.29, 1.82) is 0 Å². The molecule has 0 atom stereocenters. The zero-order valence-corrected chi connectivity index (χ0v) is 15.3. The third-order valence-electron chi connectivity index (χ3n) is 3.29. The standard InChI is InChI=1S/C16H21BrN2OS/c1-5-18-8-13-7-14(17)6-10(2)16(13)20-9-15-19-11(3)12(4)21-15/h6-7,18H,5,8-9H2,1-4H3. The molecule has 0 saturated heterocycles. The Bertz CT molecular complexity index is 605. The fourth-order valence-electron chi connectivity index (χ4n) is 2.13. The van der Waals surface area contributed by atoms with Gasteiger partial charge >= 0.3 is 0 Å². The number of ether oxygens (including phenoxy) is 1. The van der Waals surface area contributed by atoms with Crippen LogP contribution in [-0.4, -0.2) is 11.5 Å². The molecule has 21 heavy (non-hydrogen) atoms. The quantitative estimate of drug-likeness (QED) is 0.813. The van der Waals surface area contributed by atoms with Crippen molar-refractivity contribution < 1.29 is 4.74 Å². The van der Waals surface area contributed by atoms with Crippen molar-refractivity contribution in [2.45, 2.75) is 40.8 Å². The summed E-state index contributed by atoms with van der Waals surface area (Å²) >= 11 is 5.26. The zero-order valence-electron chi connectivity index (χ0n) is 12.9. The van der Waals surface area contributed by atoms with E-state index in [1.165, 1.54) is 10.4 Å². The summed E-state index contributed by atoms with van der Waals surface area (Å²) in [6.45, 7) is 10.6. The number of nitrogens with zero attached hydrogens (tertiary/aromatic N) is 1. The maximum atomic E-state index is 6.06. The van der Waals surface area contributed by atoms with Gasteiger partial charge in [0.15, 0.2) is 0 Å². The maximum absolute atomic E-state index is 6.06. The van der Waals surface area contributed by atoms with Gasteiger partial charge in [0, 0.05) is 21.5 Å². The lowest BCUT2D eigenvalue weighted by molar-refractivity contribution is 0.299. The highest BCUT2D eigenvalue weighted by Gasteiger charge is 2.11. The van der Waals surface area contributed by atoms with Crippen LogP contribution in [0.25, 0.3) is 0 Å². The van der Waals surface area contributed by atoms with E-state index in [0.29, 0.717) is 6.61 Å². The van der Waals surface area contributed by atoms with Crippen molar-refractivity contribution in [3.05, 3.63) is 43.3 Å². The Kier molecular flexibility index (Phi) is 5.79. The number of aryl methyl sites for hydroxylation is 3. The van der Waals surface area contributed by atoms with E-state index in [4.69, 9.17) is 4.74 Å². The molecule has 5 heteroatoms. The lowest BCUT2D eigenvalue weighted by atomic mass is 10.1. The Morgan fingerprint density at radius 2 is 2.05 bits per heavy atom. The van der Waals surface area contributed by atoms with E-state index < -0.39 is 0 Å². The second-order valence-electron chi connectivity index (χ2n) is 5.03. The highest BCUT2D eigenvalue weighted by atomic mass is 79.9. The van der Waals surface area contributed by atoms with E-state index in [9.17, 15) is 0 Å². The first kappa shape index (κ1) is 16.5. The van der Waals surface area contributed by atoms with Crippen molar-refractivity contribution in [3.63, 3.8) is 0 Å². The second kappa shape index (κ2) is 7.38. The molecule has 0 bridgehead atoms. The summed E-state index contributed by atoms with van der Waals surface area (Å²) in [5.74, 6) is 0.963. The predicted molar refractivity (Wildman–Crippen MR) is 92.2 cm³/mol. The van der Waals surface area contributed by atoms with Crippen LogP contribution in [0.15, 0.2) is 16.6 Å². The molecule has 1 N–H and O–H groups in total. The van der Waals surface area contributed by atoms with Crippen molar-refractivity contribution in [2.75, 3.05) is 6.54 Å². The average Bonchev–Trinajstić information content (AvgIpc) is 2.74. The summed E-state index contributed by atoms with van der Waals surface area (Å²) in [6, 6.07) is 4.20. The first-order valence-corrected chi connectivity index (χ1v) is 8.67. The molecule has 1 aromatic heterocycles. The Morgan fingerprint density at radius 3 is 2.67 bits per heavy atom. The summed E-state index contributed by atoms with van der Waals surface area (Å²) < 4.78 is 7.15. The molecule has 0 aliphatic rings. The molecule has 0 amide bonds. The topological polar surface area (TPSA) is 34.1 Å². The Balaban J connectivity index is 2.17. The zero-order chi connectivity index (χ0) is 15.4. The van der Waals surface area contributed by atoms with Crippen LogP contribution in [0, 0.1) is 20.8 Å². The predicted octanol–water partition coefficient (Wildman–Crippen LogP) is 4.52. The summed E-state index contributed by atoms with van der Waals surface area (Å²) in [6.07, 6.45) is 0. The minimum atomic E-state index is 0.529. The summed E-state index contributed by atoms with van der Waals surface area (Å²) in [4.78, 5) is 5.79. The SMILES string of the molecule is CCNCc1cc(Br)cc(C)c1OCc1nc(C)c(C)s1. The first-order valence-electron chi connectivity index (χ1n) is 7.06. The molecule has 1 heterocycles. The van der Waals surface area contributed by atoms with Crippen LogP contribution < -0.4 is 10.1 Å². The third-order valence-corrected chi connectivity index (χ3v) is 4.80. The number of nitrogens with one attached hydrogen (secondary N) is 1. The van der Waals surface area contributed by atoms with Crippen LogP contribution >= 0.6 is 27.3 Å². The molecule has 0 saturated carbocycles. The number of thiazole rings is 1. The molecule has 3 nitrogen and oxygen atoms in total. The van der Waals surface area contributed by atoms with Gasteiger partial charge in [0.2, 0.25) is 0 Å². The van der Waals surface area contributed by atoms with Crippen LogP contribution in [-0.2, 0) is 13.2 Å². The van der Waals surface area contributed by atoms with Gasteiger partial charge in [-0.05, 0) is 45.0 Å². The number of hydrogen-bond donors (Lipinski definition) is 1. The number of aromatic nitrogens is 1. The summed E-state index contributed by atoms with van der Waals surface area (Å²) in [5, 5.41) is 4.39. The summed E-state index contributed by atoms with van der Waals surface area (Å²) in [5.41, 5.74) is 3.41. The molecule has 0 fully saturated rings. The Hall–Kier alpha value is -0.910. The van der Waals surface area contributed by atoms with Gasteiger partial charge in [-0.2, -0.15) is 0 Å². The lowest BCUT2D eigenvalue weighted by Gasteiger charge is -2.14. The van der Waals surface area contributed by atoms with Gasteiger partial charge in [-0.25, -0.2) is 4.98 Å². The van der Waals surface area contributed by atoms with Crippen LogP contribution in [0.5, 0.6) is 5.75 Å². The van der Waals surface area contributed by atoms with Crippen LogP contribution in [0.1, 0.15) is 33.6 Å². The molecule has 1 aromatic carbocycles. The fourth-order valence-corrected chi connectivity index (χ4v) is 3.60. The molecule has 0 aliphatic carbocycles. The molecule has 0 unspecified atom stereocenters. The van der Waals surface area contributed by atoms with Crippen molar-refractivity contribution in [1.82, 2.24) is 10.3 Å². The van der Waals surface area contributed by atoms with E-state index in [0.717, 1.165) is 39.6 Å². The van der Waals surface area contributed by atoms with E-state index in [1.54, 1.807) is 11.3 Å². The van der Waals surface area contributed by atoms with Crippen molar-refractivity contribution in [2.24, 2.45) is 0 Å². The highest BCUT2D eigenvalue weighted by molar-refractivity contribution is 9.10. The van der Waals surface area contributed by atoms with E-state index in [2.05, 4.69) is 59.1 Å². The number of halogens is 1. The van der Waals surface area contributed by atoms with Gasteiger partial charge in [0.05, 0.1) is 5.69 Å². The first-order chi connectivity index (χ1) is 10.0. The lowest BCUT2D eigenvalue weighted by Crippen LogP contribution is -2.13. The van der Waals surface area contributed by atoms with Gasteiger partial charge in [-0.3, -0.25) is 0 Å². The van der Waals surface area contributed by atoms with Gasteiger partial charge < -0.3 is 10.1 Å². The molecule has 2 rings (SSSR count). The van der Waals surface area contributed by atoms with Crippen molar-refractivity contribution >= 4 is 27.3 Å². The monoisotopic (exact) mass is 368 g/mol.